The summed E-state index contributed by atoms with van der Waals surface area (Å²) in [6.07, 6.45) is 4.25. The van der Waals surface area contributed by atoms with Crippen LogP contribution >= 0.6 is 11.6 Å². The van der Waals surface area contributed by atoms with Gasteiger partial charge in [0.25, 0.3) is 0 Å². The summed E-state index contributed by atoms with van der Waals surface area (Å²) in [4.78, 5) is 6.89. The number of rotatable bonds is 7. The van der Waals surface area contributed by atoms with E-state index in [1.54, 1.807) is 0 Å². The highest BCUT2D eigenvalue weighted by Crippen LogP contribution is 2.21. The minimum atomic E-state index is 0.616. The normalized spacial score (nSPS) is 15.2. The van der Waals surface area contributed by atoms with Crippen LogP contribution in [0, 0.1) is 0 Å². The maximum absolute atomic E-state index is 6.07. The minimum Gasteiger partial charge on any atom is -0.371 e. The lowest BCUT2D eigenvalue weighted by molar-refractivity contribution is 0.412. The molecule has 0 bridgehead atoms. The van der Waals surface area contributed by atoms with Crippen molar-refractivity contribution in [3.63, 3.8) is 0 Å². The standard InChI is InChI=1S/C23H27ClN4/c24-19-6-7-22-18(8-11-27-23(22)16-19)17-25-12-13-26-20-9-14-28(15-10-20)21-4-2-1-3-5-21/h1-8,11,16,20,25-26H,9-10,12-15,17H2. The molecule has 1 saturated heterocycles. The van der Waals surface area contributed by atoms with Crippen LogP contribution in [0.4, 0.5) is 5.69 Å². The van der Waals surface area contributed by atoms with Crippen molar-refractivity contribution in [1.82, 2.24) is 15.6 Å². The predicted molar refractivity (Wildman–Crippen MR) is 118 cm³/mol. The molecule has 1 aromatic heterocycles. The summed E-state index contributed by atoms with van der Waals surface area (Å²) >= 11 is 6.07. The van der Waals surface area contributed by atoms with Crippen LogP contribution in [-0.2, 0) is 6.54 Å². The molecule has 0 spiro atoms. The van der Waals surface area contributed by atoms with Gasteiger partial charge >= 0.3 is 0 Å². The molecule has 2 heterocycles. The molecule has 0 radical (unpaired) electrons. The van der Waals surface area contributed by atoms with Gasteiger partial charge in [0.2, 0.25) is 0 Å². The Morgan fingerprint density at radius 1 is 1.00 bits per heavy atom. The van der Waals surface area contributed by atoms with Gasteiger partial charge in [-0.15, -0.1) is 0 Å². The Bertz CT molecular complexity index is 892. The number of piperidine rings is 1. The number of hydrogen-bond donors (Lipinski definition) is 2. The number of para-hydroxylation sites is 1. The Morgan fingerprint density at radius 3 is 2.64 bits per heavy atom. The fourth-order valence-electron chi connectivity index (χ4n) is 3.90. The summed E-state index contributed by atoms with van der Waals surface area (Å²) < 4.78 is 0. The second-order valence-electron chi connectivity index (χ2n) is 7.36. The fourth-order valence-corrected chi connectivity index (χ4v) is 4.07. The number of halogens is 1. The summed E-state index contributed by atoms with van der Waals surface area (Å²) in [5, 5.41) is 9.15. The summed E-state index contributed by atoms with van der Waals surface area (Å²) in [7, 11) is 0. The first-order chi connectivity index (χ1) is 13.8. The van der Waals surface area contributed by atoms with Gasteiger partial charge in [-0.25, -0.2) is 0 Å². The van der Waals surface area contributed by atoms with Crippen LogP contribution < -0.4 is 15.5 Å². The molecule has 4 nitrogen and oxygen atoms in total. The number of aromatic nitrogens is 1. The Balaban J connectivity index is 1.18. The molecule has 5 heteroatoms. The van der Waals surface area contributed by atoms with Crippen LogP contribution in [0.15, 0.2) is 60.8 Å². The molecule has 1 aliphatic heterocycles. The number of anilines is 1. The average Bonchev–Trinajstić information content (AvgIpc) is 2.74. The van der Waals surface area contributed by atoms with Gasteiger partial charge in [0, 0.05) is 61.1 Å². The zero-order valence-electron chi connectivity index (χ0n) is 16.1. The Hall–Kier alpha value is -2.14. The van der Waals surface area contributed by atoms with Gasteiger partial charge in [-0.2, -0.15) is 0 Å². The van der Waals surface area contributed by atoms with Crippen molar-refractivity contribution in [3.8, 4) is 0 Å². The van der Waals surface area contributed by atoms with E-state index in [9.17, 15) is 0 Å². The van der Waals surface area contributed by atoms with E-state index in [0.717, 1.165) is 43.3 Å². The fraction of sp³-hybridized carbons (Fsp3) is 0.348. The molecule has 3 aromatic rings. The maximum atomic E-state index is 6.07. The number of pyridine rings is 1. The summed E-state index contributed by atoms with van der Waals surface area (Å²) in [6, 6.07) is 19.3. The lowest BCUT2D eigenvalue weighted by atomic mass is 10.0. The van der Waals surface area contributed by atoms with Crippen LogP contribution in [0.2, 0.25) is 5.02 Å². The molecule has 2 aromatic carbocycles. The third-order valence-corrected chi connectivity index (χ3v) is 5.70. The molecule has 1 aliphatic rings. The molecular weight excluding hydrogens is 368 g/mol. The van der Waals surface area contributed by atoms with Crippen molar-refractivity contribution in [3.05, 3.63) is 71.4 Å². The van der Waals surface area contributed by atoms with Crippen molar-refractivity contribution in [1.29, 1.82) is 0 Å². The molecule has 0 unspecified atom stereocenters. The van der Waals surface area contributed by atoms with E-state index in [-0.39, 0.29) is 0 Å². The van der Waals surface area contributed by atoms with E-state index >= 15 is 0 Å². The van der Waals surface area contributed by atoms with Gasteiger partial charge in [0.15, 0.2) is 0 Å². The molecule has 2 N–H and O–H groups in total. The third kappa shape index (κ3) is 4.82. The molecule has 146 valence electrons. The number of benzene rings is 2. The molecular formula is C23H27ClN4. The average molecular weight is 395 g/mol. The predicted octanol–water partition coefficient (Wildman–Crippen LogP) is 4.24. The quantitative estimate of drug-likeness (QED) is 0.588. The maximum Gasteiger partial charge on any atom is 0.0720 e. The second kappa shape index (κ2) is 9.37. The topological polar surface area (TPSA) is 40.2 Å². The molecule has 1 fully saturated rings. The number of nitrogens with one attached hydrogen (secondary N) is 2. The van der Waals surface area contributed by atoms with Crippen LogP contribution in [-0.4, -0.2) is 37.2 Å². The first-order valence-electron chi connectivity index (χ1n) is 10.1. The molecule has 0 aliphatic carbocycles. The van der Waals surface area contributed by atoms with Crippen molar-refractivity contribution in [2.45, 2.75) is 25.4 Å². The molecule has 0 atom stereocenters. The van der Waals surface area contributed by atoms with Gasteiger partial charge in [-0.05, 0) is 48.7 Å². The van der Waals surface area contributed by atoms with Crippen LogP contribution in [0.25, 0.3) is 10.9 Å². The molecule has 0 saturated carbocycles. The first-order valence-corrected chi connectivity index (χ1v) is 10.4. The molecule has 28 heavy (non-hydrogen) atoms. The van der Waals surface area contributed by atoms with E-state index in [2.05, 4.69) is 63.0 Å². The van der Waals surface area contributed by atoms with Crippen molar-refractivity contribution in [2.75, 3.05) is 31.1 Å². The van der Waals surface area contributed by atoms with E-state index in [1.165, 1.54) is 29.5 Å². The second-order valence-corrected chi connectivity index (χ2v) is 7.80. The van der Waals surface area contributed by atoms with Crippen LogP contribution in [0.5, 0.6) is 0 Å². The van der Waals surface area contributed by atoms with Gasteiger partial charge in [0.05, 0.1) is 5.52 Å². The highest BCUT2D eigenvalue weighted by atomic mass is 35.5. The van der Waals surface area contributed by atoms with Crippen molar-refractivity contribution in [2.24, 2.45) is 0 Å². The zero-order chi connectivity index (χ0) is 19.2. The highest BCUT2D eigenvalue weighted by Gasteiger charge is 2.18. The lowest BCUT2D eigenvalue weighted by Gasteiger charge is -2.34. The largest absolute Gasteiger partial charge is 0.371 e. The Kier molecular flexibility index (Phi) is 6.42. The van der Waals surface area contributed by atoms with Crippen molar-refractivity contribution < 1.29 is 0 Å². The smallest absolute Gasteiger partial charge is 0.0720 e. The molecule has 0 amide bonds. The monoisotopic (exact) mass is 394 g/mol. The van der Waals surface area contributed by atoms with E-state index < -0.39 is 0 Å². The van der Waals surface area contributed by atoms with Crippen LogP contribution in [0.1, 0.15) is 18.4 Å². The van der Waals surface area contributed by atoms with E-state index in [0.29, 0.717) is 6.04 Å². The van der Waals surface area contributed by atoms with E-state index in [4.69, 9.17) is 11.6 Å². The van der Waals surface area contributed by atoms with Gasteiger partial charge in [0.1, 0.15) is 0 Å². The number of fused-ring (bicyclic) bond motifs is 1. The Morgan fingerprint density at radius 2 is 1.82 bits per heavy atom. The third-order valence-electron chi connectivity index (χ3n) is 5.46. The van der Waals surface area contributed by atoms with Gasteiger partial charge in [-0.3, -0.25) is 4.98 Å². The van der Waals surface area contributed by atoms with Gasteiger partial charge in [-0.1, -0.05) is 35.9 Å². The van der Waals surface area contributed by atoms with Crippen molar-refractivity contribution >= 4 is 28.2 Å². The highest BCUT2D eigenvalue weighted by molar-refractivity contribution is 6.31. The SMILES string of the molecule is Clc1ccc2c(CNCCNC3CCN(c4ccccc4)CC3)ccnc2c1. The summed E-state index contributed by atoms with van der Waals surface area (Å²) in [5.74, 6) is 0. The Labute approximate surface area is 171 Å². The number of hydrogen-bond acceptors (Lipinski definition) is 4. The lowest BCUT2D eigenvalue weighted by Crippen LogP contribution is -2.44. The zero-order valence-corrected chi connectivity index (χ0v) is 16.8. The van der Waals surface area contributed by atoms with Gasteiger partial charge < -0.3 is 15.5 Å². The van der Waals surface area contributed by atoms with Crippen LogP contribution in [0.3, 0.4) is 0 Å². The summed E-state index contributed by atoms with van der Waals surface area (Å²) in [5.41, 5.74) is 3.56. The summed E-state index contributed by atoms with van der Waals surface area (Å²) in [6.45, 7) is 5.04. The minimum absolute atomic E-state index is 0.616. The van der Waals surface area contributed by atoms with E-state index in [1.807, 2.05) is 18.3 Å². The molecule has 4 rings (SSSR count). The first kappa shape index (κ1) is 19.2. The number of nitrogens with zero attached hydrogens (tertiary/aromatic N) is 2.